The zero-order valence-electron chi connectivity index (χ0n) is 10.2. The van der Waals surface area contributed by atoms with E-state index in [-0.39, 0.29) is 6.09 Å². The lowest BCUT2D eigenvalue weighted by Gasteiger charge is -2.12. The van der Waals surface area contributed by atoms with Crippen LogP contribution in [0.1, 0.15) is 31.7 Å². The fraction of sp³-hybridized carbons (Fsp3) is 0.500. The maximum atomic E-state index is 11.5. The smallest absolute Gasteiger partial charge is 0.407 e. The van der Waals surface area contributed by atoms with Crippen molar-refractivity contribution in [1.29, 1.82) is 0 Å². The molecule has 1 aliphatic rings. The summed E-state index contributed by atoms with van der Waals surface area (Å²) in [6.07, 6.45) is 3.04. The van der Waals surface area contributed by atoms with Crippen molar-refractivity contribution in [2.45, 2.75) is 38.8 Å². The van der Waals surface area contributed by atoms with Gasteiger partial charge in [-0.3, -0.25) is 0 Å². The summed E-state index contributed by atoms with van der Waals surface area (Å²) >= 11 is 0. The zero-order valence-corrected chi connectivity index (χ0v) is 10.2. The van der Waals surface area contributed by atoms with E-state index in [0.717, 1.165) is 24.3 Å². The summed E-state index contributed by atoms with van der Waals surface area (Å²) < 4.78 is 5.18. The van der Waals surface area contributed by atoms with E-state index in [1.165, 1.54) is 6.42 Å². The number of hydrogen-bond acceptors (Lipinski definition) is 2. The Hall–Kier alpha value is -1.51. The molecule has 0 spiro atoms. The Kier molecular flexibility index (Phi) is 4.02. The van der Waals surface area contributed by atoms with E-state index in [1.807, 2.05) is 30.3 Å². The van der Waals surface area contributed by atoms with Crippen molar-refractivity contribution in [3.05, 3.63) is 35.9 Å². The minimum atomic E-state index is -0.298. The quantitative estimate of drug-likeness (QED) is 0.871. The second-order valence-corrected chi connectivity index (χ2v) is 4.82. The highest BCUT2D eigenvalue weighted by molar-refractivity contribution is 5.67. The molecule has 1 amide bonds. The summed E-state index contributed by atoms with van der Waals surface area (Å²) in [5.41, 5.74) is 1.02. The lowest BCUT2D eigenvalue weighted by atomic mass is 10.1. The van der Waals surface area contributed by atoms with Crippen molar-refractivity contribution in [2.24, 2.45) is 5.92 Å². The molecule has 0 aliphatic heterocycles. The fourth-order valence-corrected chi connectivity index (χ4v) is 2.27. The largest absolute Gasteiger partial charge is 0.445 e. The number of alkyl carbamates (subject to hydrolysis) is 1. The average Bonchev–Trinajstić information content (AvgIpc) is 2.73. The molecule has 3 heteroatoms. The first-order valence-corrected chi connectivity index (χ1v) is 6.21. The van der Waals surface area contributed by atoms with Crippen molar-refractivity contribution in [1.82, 2.24) is 5.32 Å². The van der Waals surface area contributed by atoms with Crippen molar-refractivity contribution < 1.29 is 9.53 Å². The van der Waals surface area contributed by atoms with Gasteiger partial charge >= 0.3 is 6.09 Å². The number of nitrogens with one attached hydrogen (secondary N) is 1. The van der Waals surface area contributed by atoms with Gasteiger partial charge in [-0.15, -0.1) is 0 Å². The van der Waals surface area contributed by atoms with E-state index in [1.54, 1.807) is 0 Å². The third kappa shape index (κ3) is 3.77. The molecule has 1 fully saturated rings. The monoisotopic (exact) mass is 233 g/mol. The summed E-state index contributed by atoms with van der Waals surface area (Å²) in [5, 5.41) is 2.92. The van der Waals surface area contributed by atoms with Crippen molar-refractivity contribution in [2.75, 3.05) is 0 Å². The lowest BCUT2D eigenvalue weighted by molar-refractivity contribution is 0.135. The van der Waals surface area contributed by atoms with Crippen LogP contribution in [0.15, 0.2) is 30.3 Å². The molecule has 2 unspecified atom stereocenters. The molecule has 0 radical (unpaired) electrons. The Bertz CT molecular complexity index is 364. The molecule has 1 aromatic carbocycles. The van der Waals surface area contributed by atoms with Gasteiger partial charge in [-0.2, -0.15) is 0 Å². The average molecular weight is 233 g/mol. The van der Waals surface area contributed by atoms with Crippen molar-refractivity contribution >= 4 is 6.09 Å². The third-order valence-corrected chi connectivity index (χ3v) is 3.23. The molecule has 2 atom stereocenters. The van der Waals surface area contributed by atoms with E-state index >= 15 is 0 Å². The summed E-state index contributed by atoms with van der Waals surface area (Å²) in [6, 6.07) is 10.0. The molecule has 2 rings (SSSR count). The van der Waals surface area contributed by atoms with E-state index in [4.69, 9.17) is 4.74 Å². The van der Waals surface area contributed by atoms with Crippen LogP contribution in [0.2, 0.25) is 0 Å². The molecule has 92 valence electrons. The summed E-state index contributed by atoms with van der Waals surface area (Å²) in [5.74, 6) is 0.717. The Morgan fingerprint density at radius 1 is 1.35 bits per heavy atom. The summed E-state index contributed by atoms with van der Waals surface area (Å²) in [6.45, 7) is 2.56. The van der Waals surface area contributed by atoms with E-state index < -0.39 is 0 Å². The van der Waals surface area contributed by atoms with Crippen LogP contribution < -0.4 is 5.32 Å². The van der Waals surface area contributed by atoms with Gasteiger partial charge in [0, 0.05) is 6.04 Å². The first kappa shape index (κ1) is 12.0. The van der Waals surface area contributed by atoms with Gasteiger partial charge in [0.15, 0.2) is 0 Å². The molecule has 17 heavy (non-hydrogen) atoms. The van der Waals surface area contributed by atoms with Crippen LogP contribution in [-0.2, 0) is 11.3 Å². The molecule has 1 aromatic rings. The maximum Gasteiger partial charge on any atom is 0.407 e. The second-order valence-electron chi connectivity index (χ2n) is 4.82. The van der Waals surface area contributed by atoms with Crippen LogP contribution >= 0.6 is 0 Å². The van der Waals surface area contributed by atoms with E-state index in [0.29, 0.717) is 12.6 Å². The molecule has 0 aromatic heterocycles. The van der Waals surface area contributed by atoms with Gasteiger partial charge in [-0.25, -0.2) is 4.79 Å². The van der Waals surface area contributed by atoms with Crippen LogP contribution in [0.4, 0.5) is 4.79 Å². The minimum Gasteiger partial charge on any atom is -0.445 e. The number of carbonyl (C=O) groups excluding carboxylic acids is 1. The van der Waals surface area contributed by atoms with Crippen molar-refractivity contribution in [3.63, 3.8) is 0 Å². The Morgan fingerprint density at radius 2 is 2.12 bits per heavy atom. The molecule has 1 N–H and O–H groups in total. The van der Waals surface area contributed by atoms with Gasteiger partial charge in [0.1, 0.15) is 6.61 Å². The van der Waals surface area contributed by atoms with Crippen LogP contribution in [0.3, 0.4) is 0 Å². The number of rotatable bonds is 3. The molecule has 1 saturated carbocycles. The first-order valence-electron chi connectivity index (χ1n) is 6.21. The number of amides is 1. The standard InChI is InChI=1S/C14H19NO2/c1-11-7-8-13(9-11)15-14(16)17-10-12-5-3-2-4-6-12/h2-6,11,13H,7-10H2,1H3,(H,15,16). The summed E-state index contributed by atoms with van der Waals surface area (Å²) in [7, 11) is 0. The molecule has 0 bridgehead atoms. The SMILES string of the molecule is CC1CCC(NC(=O)OCc2ccccc2)C1. The normalized spacial score (nSPS) is 23.4. The van der Waals surface area contributed by atoms with Gasteiger partial charge in [-0.1, -0.05) is 37.3 Å². The van der Waals surface area contributed by atoms with Gasteiger partial charge < -0.3 is 10.1 Å². The molecule has 3 nitrogen and oxygen atoms in total. The van der Waals surface area contributed by atoms with Gasteiger partial charge in [0.2, 0.25) is 0 Å². The van der Waals surface area contributed by atoms with Gasteiger partial charge in [-0.05, 0) is 30.7 Å². The lowest BCUT2D eigenvalue weighted by Crippen LogP contribution is -2.33. The van der Waals surface area contributed by atoms with Gasteiger partial charge in [0.25, 0.3) is 0 Å². The van der Waals surface area contributed by atoms with Crippen LogP contribution in [0, 0.1) is 5.92 Å². The predicted octanol–water partition coefficient (Wildman–Crippen LogP) is 3.10. The third-order valence-electron chi connectivity index (χ3n) is 3.23. The highest BCUT2D eigenvalue weighted by Crippen LogP contribution is 2.24. The first-order chi connectivity index (χ1) is 8.24. The molecule has 1 aliphatic carbocycles. The van der Waals surface area contributed by atoms with Crippen LogP contribution in [-0.4, -0.2) is 12.1 Å². The highest BCUT2D eigenvalue weighted by Gasteiger charge is 2.22. The molecule has 0 saturated heterocycles. The number of ether oxygens (including phenoxy) is 1. The fourth-order valence-electron chi connectivity index (χ4n) is 2.27. The van der Waals surface area contributed by atoms with Gasteiger partial charge in [0.05, 0.1) is 0 Å². The molecule has 0 heterocycles. The van der Waals surface area contributed by atoms with Crippen molar-refractivity contribution in [3.8, 4) is 0 Å². The number of hydrogen-bond donors (Lipinski definition) is 1. The summed E-state index contributed by atoms with van der Waals surface area (Å²) in [4.78, 5) is 11.5. The Morgan fingerprint density at radius 3 is 2.76 bits per heavy atom. The zero-order chi connectivity index (χ0) is 12.1. The molecular weight excluding hydrogens is 214 g/mol. The van der Waals surface area contributed by atoms with Crippen LogP contribution in [0.5, 0.6) is 0 Å². The molecular formula is C14H19NO2. The predicted molar refractivity (Wildman–Crippen MR) is 66.6 cm³/mol. The van der Waals surface area contributed by atoms with E-state index in [2.05, 4.69) is 12.2 Å². The van der Waals surface area contributed by atoms with E-state index in [9.17, 15) is 4.79 Å². The topological polar surface area (TPSA) is 38.3 Å². The Balaban J connectivity index is 1.71. The minimum absolute atomic E-state index is 0.298. The maximum absolute atomic E-state index is 11.5. The number of carbonyl (C=O) groups is 1. The van der Waals surface area contributed by atoms with Crippen LogP contribution in [0.25, 0.3) is 0 Å². The number of benzene rings is 1. The second kappa shape index (κ2) is 5.71. The highest BCUT2D eigenvalue weighted by atomic mass is 16.5. The Labute approximate surface area is 102 Å².